The molecular weight excluding hydrogens is 304 g/mol. The van der Waals surface area contributed by atoms with Crippen molar-refractivity contribution in [2.45, 2.75) is 20.5 Å². The lowest BCUT2D eigenvalue weighted by Gasteiger charge is -2.09. The van der Waals surface area contributed by atoms with Crippen LogP contribution >= 0.6 is 0 Å². The van der Waals surface area contributed by atoms with Gasteiger partial charge >= 0.3 is 0 Å². The minimum Gasteiger partial charge on any atom is -0.494 e. The number of hydrazone groups is 1. The second kappa shape index (κ2) is 8.65. The zero-order valence-corrected chi connectivity index (χ0v) is 14.0. The van der Waals surface area contributed by atoms with Crippen LogP contribution in [0.15, 0.2) is 35.4 Å². The number of aryl methyl sites for hydroxylation is 1. The number of pyridine rings is 1. The molecule has 1 aromatic heterocycles. The summed E-state index contributed by atoms with van der Waals surface area (Å²) in [4.78, 5) is 4.33. The number of nitriles is 1. The van der Waals surface area contributed by atoms with E-state index in [1.54, 1.807) is 13.3 Å². The van der Waals surface area contributed by atoms with Gasteiger partial charge < -0.3 is 9.47 Å². The van der Waals surface area contributed by atoms with Gasteiger partial charge in [-0.05, 0) is 49.7 Å². The number of methoxy groups -OCH3 is 1. The normalized spacial score (nSPS) is 10.6. The minimum absolute atomic E-state index is 0.351. The summed E-state index contributed by atoms with van der Waals surface area (Å²) in [6, 6.07) is 11.6. The fraction of sp³-hybridized carbons (Fsp3) is 0.278. The first kappa shape index (κ1) is 17.4. The summed E-state index contributed by atoms with van der Waals surface area (Å²) in [5.41, 5.74) is 5.76. The Morgan fingerprint density at radius 3 is 2.71 bits per heavy atom. The van der Waals surface area contributed by atoms with Crippen LogP contribution in [-0.2, 0) is 11.3 Å². The molecule has 1 heterocycles. The molecule has 1 aromatic carbocycles. The van der Waals surface area contributed by atoms with Gasteiger partial charge in [0.05, 0.1) is 19.4 Å². The number of nitrogens with one attached hydrogen (secondary N) is 1. The SMILES string of the molecule is CCOc1ccc(/C=N\Nc2nc(C)cc(COC)c2C#N)cc1. The number of hydrogen-bond donors (Lipinski definition) is 1. The van der Waals surface area contributed by atoms with Crippen LogP contribution in [0.25, 0.3) is 0 Å². The van der Waals surface area contributed by atoms with Crippen molar-refractivity contribution >= 4 is 12.0 Å². The molecule has 0 aliphatic carbocycles. The average Bonchev–Trinajstić information content (AvgIpc) is 2.57. The van der Waals surface area contributed by atoms with Crippen LogP contribution in [0.5, 0.6) is 5.75 Å². The molecule has 0 unspecified atom stereocenters. The zero-order valence-electron chi connectivity index (χ0n) is 14.0. The van der Waals surface area contributed by atoms with Gasteiger partial charge in [0.1, 0.15) is 17.4 Å². The molecule has 0 fully saturated rings. The van der Waals surface area contributed by atoms with Gasteiger partial charge in [-0.1, -0.05) is 0 Å². The lowest BCUT2D eigenvalue weighted by molar-refractivity contribution is 0.184. The Balaban J connectivity index is 2.14. The van der Waals surface area contributed by atoms with E-state index in [0.717, 1.165) is 22.6 Å². The van der Waals surface area contributed by atoms with E-state index in [2.05, 4.69) is 21.6 Å². The Morgan fingerprint density at radius 1 is 1.33 bits per heavy atom. The summed E-state index contributed by atoms with van der Waals surface area (Å²) < 4.78 is 10.5. The summed E-state index contributed by atoms with van der Waals surface area (Å²) in [6.45, 7) is 4.79. The van der Waals surface area contributed by atoms with Crippen molar-refractivity contribution in [2.75, 3.05) is 19.1 Å². The van der Waals surface area contributed by atoms with Gasteiger partial charge in [-0.3, -0.25) is 5.43 Å². The first-order chi connectivity index (χ1) is 11.7. The minimum atomic E-state index is 0.351. The van der Waals surface area contributed by atoms with Crippen LogP contribution in [0.4, 0.5) is 5.82 Å². The first-order valence-corrected chi connectivity index (χ1v) is 7.59. The second-order valence-electron chi connectivity index (χ2n) is 5.06. The van der Waals surface area contributed by atoms with Gasteiger partial charge in [0.2, 0.25) is 0 Å². The molecule has 0 radical (unpaired) electrons. The number of hydrogen-bond acceptors (Lipinski definition) is 6. The van der Waals surface area contributed by atoms with E-state index < -0.39 is 0 Å². The average molecular weight is 324 g/mol. The number of nitrogens with zero attached hydrogens (tertiary/aromatic N) is 3. The fourth-order valence-electron chi connectivity index (χ4n) is 2.20. The lowest BCUT2D eigenvalue weighted by Crippen LogP contribution is -2.03. The van der Waals surface area contributed by atoms with Crippen LogP contribution < -0.4 is 10.2 Å². The number of aromatic nitrogens is 1. The maximum absolute atomic E-state index is 9.36. The van der Waals surface area contributed by atoms with Crippen molar-refractivity contribution in [3.8, 4) is 11.8 Å². The highest BCUT2D eigenvalue weighted by atomic mass is 16.5. The Labute approximate surface area is 141 Å². The van der Waals surface area contributed by atoms with E-state index in [1.807, 2.05) is 44.2 Å². The Hall–Kier alpha value is -2.91. The monoisotopic (exact) mass is 324 g/mol. The summed E-state index contributed by atoms with van der Waals surface area (Å²) in [5, 5.41) is 13.5. The molecule has 0 aliphatic rings. The Morgan fingerprint density at radius 2 is 2.08 bits per heavy atom. The second-order valence-corrected chi connectivity index (χ2v) is 5.06. The van der Waals surface area contributed by atoms with Crippen molar-refractivity contribution in [1.82, 2.24) is 4.98 Å². The van der Waals surface area contributed by atoms with E-state index in [4.69, 9.17) is 9.47 Å². The van der Waals surface area contributed by atoms with Gasteiger partial charge in [-0.25, -0.2) is 4.98 Å². The van der Waals surface area contributed by atoms with Crippen LogP contribution in [0.3, 0.4) is 0 Å². The molecule has 0 spiro atoms. The van der Waals surface area contributed by atoms with Gasteiger partial charge in [-0.15, -0.1) is 0 Å². The maximum Gasteiger partial charge on any atom is 0.164 e. The molecule has 0 saturated heterocycles. The Bertz CT molecular complexity index is 749. The summed E-state index contributed by atoms with van der Waals surface area (Å²) in [7, 11) is 1.59. The Kier molecular flexibility index (Phi) is 6.29. The van der Waals surface area contributed by atoms with Crippen molar-refractivity contribution in [3.63, 3.8) is 0 Å². The molecule has 0 atom stereocenters. The lowest BCUT2D eigenvalue weighted by atomic mass is 10.1. The van der Waals surface area contributed by atoms with Gasteiger partial charge in [0.15, 0.2) is 5.82 Å². The summed E-state index contributed by atoms with van der Waals surface area (Å²) in [6.07, 6.45) is 1.66. The van der Waals surface area contributed by atoms with Gasteiger partial charge in [0.25, 0.3) is 0 Å². The first-order valence-electron chi connectivity index (χ1n) is 7.59. The number of anilines is 1. The van der Waals surface area contributed by atoms with E-state index in [1.165, 1.54) is 0 Å². The topological polar surface area (TPSA) is 79.5 Å². The summed E-state index contributed by atoms with van der Waals surface area (Å²) in [5.74, 6) is 1.24. The van der Waals surface area contributed by atoms with Crippen LogP contribution in [0, 0.1) is 18.3 Å². The quantitative estimate of drug-likeness (QED) is 0.624. The maximum atomic E-state index is 9.36. The predicted molar refractivity (Wildman–Crippen MR) is 93.2 cm³/mol. The predicted octanol–water partition coefficient (Wildman–Crippen LogP) is 3.25. The van der Waals surface area contributed by atoms with E-state index in [0.29, 0.717) is 24.6 Å². The smallest absolute Gasteiger partial charge is 0.164 e. The highest BCUT2D eigenvalue weighted by Crippen LogP contribution is 2.19. The molecule has 124 valence electrons. The van der Waals surface area contributed by atoms with E-state index in [9.17, 15) is 5.26 Å². The standard InChI is InChI=1S/C18H20N4O2/c1-4-24-16-7-5-14(6-8-16)11-20-22-18-17(10-19)15(12-23-3)9-13(2)21-18/h5-9,11H,4,12H2,1-3H3,(H,21,22)/b20-11-. The largest absolute Gasteiger partial charge is 0.494 e. The van der Waals surface area contributed by atoms with Crippen LogP contribution in [0.2, 0.25) is 0 Å². The molecule has 6 nitrogen and oxygen atoms in total. The molecule has 0 aliphatic heterocycles. The highest BCUT2D eigenvalue weighted by Gasteiger charge is 2.10. The molecule has 24 heavy (non-hydrogen) atoms. The van der Waals surface area contributed by atoms with Crippen molar-refractivity contribution in [2.24, 2.45) is 5.10 Å². The molecule has 2 rings (SSSR count). The van der Waals surface area contributed by atoms with Gasteiger partial charge in [-0.2, -0.15) is 10.4 Å². The molecule has 6 heteroatoms. The number of ether oxygens (including phenoxy) is 2. The van der Waals surface area contributed by atoms with Crippen molar-refractivity contribution in [3.05, 3.63) is 52.7 Å². The van der Waals surface area contributed by atoms with Crippen LogP contribution in [-0.4, -0.2) is 24.9 Å². The summed E-state index contributed by atoms with van der Waals surface area (Å²) >= 11 is 0. The third-order valence-electron chi connectivity index (χ3n) is 3.22. The molecule has 0 amide bonds. The third kappa shape index (κ3) is 4.54. The van der Waals surface area contributed by atoms with Crippen LogP contribution in [0.1, 0.15) is 29.3 Å². The third-order valence-corrected chi connectivity index (χ3v) is 3.22. The molecule has 0 bridgehead atoms. The number of benzene rings is 1. The molecular formula is C18H20N4O2. The van der Waals surface area contributed by atoms with E-state index in [-0.39, 0.29) is 0 Å². The molecule has 2 aromatic rings. The fourth-order valence-corrected chi connectivity index (χ4v) is 2.20. The highest BCUT2D eigenvalue weighted by molar-refractivity contribution is 5.80. The molecule has 1 N–H and O–H groups in total. The number of rotatable bonds is 7. The van der Waals surface area contributed by atoms with Crippen molar-refractivity contribution in [1.29, 1.82) is 5.26 Å². The van der Waals surface area contributed by atoms with E-state index >= 15 is 0 Å². The van der Waals surface area contributed by atoms with Gasteiger partial charge in [0, 0.05) is 18.4 Å². The van der Waals surface area contributed by atoms with Crippen molar-refractivity contribution < 1.29 is 9.47 Å². The molecule has 0 saturated carbocycles. The zero-order chi connectivity index (χ0) is 17.4.